The molecule has 0 fully saturated rings. The lowest BCUT2D eigenvalue weighted by Gasteiger charge is -2.13. The highest BCUT2D eigenvalue weighted by Gasteiger charge is 2.16. The van der Waals surface area contributed by atoms with Crippen LogP contribution >= 0.6 is 0 Å². The number of hydrogen-bond acceptors (Lipinski definition) is 8. The number of nitro benzene ring substituents is 1. The van der Waals surface area contributed by atoms with Crippen molar-refractivity contribution in [1.29, 1.82) is 0 Å². The van der Waals surface area contributed by atoms with Crippen molar-refractivity contribution in [2.45, 2.75) is 13.0 Å². The molecule has 0 saturated heterocycles. The lowest BCUT2D eigenvalue weighted by Crippen LogP contribution is -2.34. The van der Waals surface area contributed by atoms with E-state index in [1.165, 1.54) is 7.11 Å². The number of nitro groups is 1. The maximum absolute atomic E-state index is 12.1. The Morgan fingerprint density at radius 1 is 1.25 bits per heavy atom. The van der Waals surface area contributed by atoms with Gasteiger partial charge in [-0.15, -0.1) is 0 Å². The number of amides is 1. The van der Waals surface area contributed by atoms with Gasteiger partial charge < -0.3 is 19.9 Å². The van der Waals surface area contributed by atoms with Crippen LogP contribution in [0.4, 0.5) is 11.4 Å². The molecule has 0 aliphatic carbocycles. The summed E-state index contributed by atoms with van der Waals surface area (Å²) in [6, 6.07) is 8.63. The van der Waals surface area contributed by atoms with Gasteiger partial charge in [-0.25, -0.2) is 5.43 Å². The number of ether oxygens (including phenoxy) is 2. The van der Waals surface area contributed by atoms with Crippen LogP contribution in [-0.2, 0) is 4.79 Å². The third kappa shape index (κ3) is 5.10. The predicted molar refractivity (Wildman–Crippen MR) is 103 cm³/mol. The molecule has 0 unspecified atom stereocenters. The van der Waals surface area contributed by atoms with E-state index in [1.54, 1.807) is 38.3 Å². The molecule has 28 heavy (non-hydrogen) atoms. The maximum atomic E-state index is 12.1. The zero-order chi connectivity index (χ0) is 20.7. The second-order valence-electron chi connectivity index (χ2n) is 5.67. The van der Waals surface area contributed by atoms with Crippen LogP contribution in [0.2, 0.25) is 0 Å². The number of nitrogens with zero attached hydrogens (tertiary/aromatic N) is 2. The summed E-state index contributed by atoms with van der Waals surface area (Å²) in [6.07, 6.45) is 1.10. The van der Waals surface area contributed by atoms with Crippen LogP contribution < -0.4 is 20.2 Å². The molecule has 10 heteroatoms. The average Bonchev–Trinajstić information content (AvgIpc) is 2.69. The number of hydrazone groups is 1. The molecule has 2 rings (SSSR count). The van der Waals surface area contributed by atoms with Crippen molar-refractivity contribution in [3.8, 4) is 17.2 Å². The molecule has 3 N–H and O–H groups in total. The highest BCUT2D eigenvalue weighted by molar-refractivity contribution is 5.89. The standard InChI is InChI=1S/C18H20N4O6/c1-11(20-13-4-6-15(27-2)7-5-13)18(24)21-19-10-12-8-14(22(25)26)9-16(28-3)17(12)23/h4-11,20,23H,1-3H3,(H,21,24)/b19-10-/t11-/m1/s1. The summed E-state index contributed by atoms with van der Waals surface area (Å²) in [7, 11) is 2.83. The summed E-state index contributed by atoms with van der Waals surface area (Å²) in [4.78, 5) is 22.5. The number of nitrogens with one attached hydrogen (secondary N) is 2. The zero-order valence-corrected chi connectivity index (χ0v) is 15.5. The number of non-ortho nitro benzene ring substituents is 1. The van der Waals surface area contributed by atoms with Crippen molar-refractivity contribution in [3.05, 3.63) is 52.1 Å². The highest BCUT2D eigenvalue weighted by atomic mass is 16.6. The lowest BCUT2D eigenvalue weighted by atomic mass is 10.2. The van der Waals surface area contributed by atoms with Crippen LogP contribution in [0.15, 0.2) is 41.5 Å². The van der Waals surface area contributed by atoms with E-state index >= 15 is 0 Å². The fraction of sp³-hybridized carbons (Fsp3) is 0.222. The number of hydrogen-bond donors (Lipinski definition) is 3. The number of aromatic hydroxyl groups is 1. The van der Waals surface area contributed by atoms with Crippen LogP contribution in [0.5, 0.6) is 17.2 Å². The van der Waals surface area contributed by atoms with Crippen LogP contribution in [0.25, 0.3) is 0 Å². The van der Waals surface area contributed by atoms with Gasteiger partial charge in [-0.1, -0.05) is 0 Å². The van der Waals surface area contributed by atoms with Gasteiger partial charge in [-0.05, 0) is 31.2 Å². The van der Waals surface area contributed by atoms with Gasteiger partial charge in [0.2, 0.25) is 0 Å². The number of phenols is 1. The van der Waals surface area contributed by atoms with Gasteiger partial charge in [0.1, 0.15) is 11.8 Å². The second kappa shape index (κ2) is 9.21. The summed E-state index contributed by atoms with van der Waals surface area (Å²) >= 11 is 0. The second-order valence-corrected chi connectivity index (χ2v) is 5.67. The van der Waals surface area contributed by atoms with Crippen molar-refractivity contribution in [2.75, 3.05) is 19.5 Å². The predicted octanol–water partition coefficient (Wildman–Crippen LogP) is 2.27. The van der Waals surface area contributed by atoms with E-state index in [1.807, 2.05) is 0 Å². The smallest absolute Gasteiger partial charge is 0.274 e. The van der Waals surface area contributed by atoms with Gasteiger partial charge in [0.15, 0.2) is 11.5 Å². The molecule has 1 atom stereocenters. The van der Waals surface area contributed by atoms with E-state index in [0.29, 0.717) is 11.4 Å². The van der Waals surface area contributed by atoms with Crippen LogP contribution in [0, 0.1) is 10.1 Å². The molecule has 0 saturated carbocycles. The molecule has 0 heterocycles. The minimum atomic E-state index is -0.626. The Hall–Kier alpha value is -3.82. The van der Waals surface area contributed by atoms with Crippen molar-refractivity contribution in [2.24, 2.45) is 5.10 Å². The highest BCUT2D eigenvalue weighted by Crippen LogP contribution is 2.33. The van der Waals surface area contributed by atoms with Gasteiger partial charge in [-0.3, -0.25) is 14.9 Å². The van der Waals surface area contributed by atoms with E-state index in [-0.39, 0.29) is 22.7 Å². The van der Waals surface area contributed by atoms with Gasteiger partial charge in [0, 0.05) is 17.3 Å². The Bertz CT molecular complexity index is 882. The Morgan fingerprint density at radius 3 is 2.50 bits per heavy atom. The molecule has 0 spiro atoms. The molecule has 0 aromatic heterocycles. The first kappa shape index (κ1) is 20.5. The minimum Gasteiger partial charge on any atom is -0.504 e. The molecule has 0 bridgehead atoms. The summed E-state index contributed by atoms with van der Waals surface area (Å²) in [5, 5.41) is 27.7. The van der Waals surface area contributed by atoms with Crippen LogP contribution in [0.1, 0.15) is 12.5 Å². The molecule has 0 aliphatic heterocycles. The first-order chi connectivity index (χ1) is 13.3. The van der Waals surface area contributed by atoms with Crippen molar-refractivity contribution in [1.82, 2.24) is 5.43 Å². The van der Waals surface area contributed by atoms with E-state index in [9.17, 15) is 20.0 Å². The number of rotatable bonds is 8. The van der Waals surface area contributed by atoms with E-state index in [2.05, 4.69) is 15.8 Å². The lowest BCUT2D eigenvalue weighted by molar-refractivity contribution is -0.385. The number of carbonyl (C=O) groups excluding carboxylic acids is 1. The third-order valence-electron chi connectivity index (χ3n) is 3.76. The molecule has 0 aliphatic rings. The molecule has 148 valence electrons. The fourth-order valence-corrected chi connectivity index (χ4v) is 2.24. The number of benzene rings is 2. The SMILES string of the molecule is COc1ccc(N[C@H](C)C(=O)N/N=C\c2cc([N+](=O)[O-])cc(OC)c2O)cc1. The van der Waals surface area contributed by atoms with E-state index < -0.39 is 16.9 Å². The summed E-state index contributed by atoms with van der Waals surface area (Å²) in [6.45, 7) is 1.64. The zero-order valence-electron chi connectivity index (χ0n) is 15.5. The normalized spacial score (nSPS) is 11.7. The van der Waals surface area contributed by atoms with Crippen molar-refractivity contribution < 1.29 is 24.3 Å². The largest absolute Gasteiger partial charge is 0.504 e. The number of anilines is 1. The van der Waals surface area contributed by atoms with Gasteiger partial charge in [0.25, 0.3) is 11.6 Å². The summed E-state index contributed by atoms with van der Waals surface area (Å²) < 4.78 is 9.97. The molecule has 0 radical (unpaired) electrons. The third-order valence-corrected chi connectivity index (χ3v) is 3.76. The van der Waals surface area contributed by atoms with E-state index in [0.717, 1.165) is 18.3 Å². The molecular weight excluding hydrogens is 368 g/mol. The van der Waals surface area contributed by atoms with Gasteiger partial charge in [-0.2, -0.15) is 5.10 Å². The minimum absolute atomic E-state index is 0.0297. The van der Waals surface area contributed by atoms with Crippen LogP contribution in [-0.4, -0.2) is 42.4 Å². The topological polar surface area (TPSA) is 135 Å². The Kier molecular flexibility index (Phi) is 6.74. The van der Waals surface area contributed by atoms with Gasteiger partial charge >= 0.3 is 0 Å². The average molecular weight is 388 g/mol. The fourth-order valence-electron chi connectivity index (χ4n) is 2.24. The van der Waals surface area contributed by atoms with Gasteiger partial charge in [0.05, 0.1) is 31.4 Å². The number of methoxy groups -OCH3 is 2. The Morgan fingerprint density at radius 2 is 1.93 bits per heavy atom. The van der Waals surface area contributed by atoms with Crippen molar-refractivity contribution in [3.63, 3.8) is 0 Å². The summed E-state index contributed by atoms with van der Waals surface area (Å²) in [5.74, 6) is -0.143. The monoisotopic (exact) mass is 388 g/mol. The summed E-state index contributed by atoms with van der Waals surface area (Å²) in [5.41, 5.74) is 2.77. The maximum Gasteiger partial charge on any atom is 0.274 e. The molecule has 2 aromatic carbocycles. The molecular formula is C18H20N4O6. The van der Waals surface area contributed by atoms with Crippen LogP contribution in [0.3, 0.4) is 0 Å². The number of carbonyl (C=O) groups is 1. The van der Waals surface area contributed by atoms with E-state index in [4.69, 9.17) is 9.47 Å². The molecule has 2 aromatic rings. The first-order valence-electron chi connectivity index (χ1n) is 8.14. The Balaban J connectivity index is 2.03. The molecule has 10 nitrogen and oxygen atoms in total. The molecule has 1 amide bonds. The Labute approximate surface area is 160 Å². The quantitative estimate of drug-likeness (QED) is 0.358. The van der Waals surface area contributed by atoms with Crippen molar-refractivity contribution >= 4 is 23.5 Å². The number of phenolic OH excluding ortho intramolecular Hbond substituents is 1. The first-order valence-corrected chi connectivity index (χ1v) is 8.14.